The van der Waals surface area contributed by atoms with Crippen LogP contribution in [-0.4, -0.2) is 22.0 Å². The van der Waals surface area contributed by atoms with Gasteiger partial charge in [0.2, 0.25) is 10.0 Å². The lowest BCUT2D eigenvalue weighted by atomic mass is 9.99. The maximum absolute atomic E-state index is 12.4. The van der Waals surface area contributed by atoms with E-state index in [4.69, 9.17) is 11.6 Å². The average molecular weight is 331 g/mol. The molecule has 0 saturated heterocycles. The zero-order valence-electron chi connectivity index (χ0n) is 12.5. The molecular formula is C15H23ClN2O2S. The molecule has 1 aliphatic carbocycles. The van der Waals surface area contributed by atoms with E-state index < -0.39 is 10.0 Å². The summed E-state index contributed by atoms with van der Waals surface area (Å²) in [6.07, 6.45) is 3.50. The fourth-order valence-corrected chi connectivity index (χ4v) is 4.20. The molecule has 0 amide bonds. The molecule has 1 aromatic rings. The van der Waals surface area contributed by atoms with Crippen LogP contribution >= 0.6 is 11.6 Å². The van der Waals surface area contributed by atoms with E-state index in [2.05, 4.69) is 17.0 Å². The Labute approximate surface area is 132 Å². The van der Waals surface area contributed by atoms with Gasteiger partial charge >= 0.3 is 0 Å². The van der Waals surface area contributed by atoms with E-state index in [1.54, 1.807) is 25.2 Å². The Morgan fingerprint density at radius 2 is 2.10 bits per heavy atom. The van der Waals surface area contributed by atoms with Gasteiger partial charge in [-0.3, -0.25) is 0 Å². The number of sulfonamides is 1. The molecule has 2 unspecified atom stereocenters. The van der Waals surface area contributed by atoms with Crippen LogP contribution in [0.3, 0.4) is 0 Å². The van der Waals surface area contributed by atoms with Gasteiger partial charge in [0.1, 0.15) is 0 Å². The van der Waals surface area contributed by atoms with Crippen LogP contribution in [0.25, 0.3) is 0 Å². The molecule has 0 radical (unpaired) electrons. The fraction of sp³-hybridized carbons (Fsp3) is 0.600. The predicted molar refractivity (Wildman–Crippen MR) is 85.9 cm³/mol. The predicted octanol–water partition coefficient (Wildman–Crippen LogP) is 2.77. The van der Waals surface area contributed by atoms with Crippen LogP contribution in [0.4, 0.5) is 0 Å². The highest BCUT2D eigenvalue weighted by molar-refractivity contribution is 7.89. The highest BCUT2D eigenvalue weighted by Gasteiger charge is 2.25. The summed E-state index contributed by atoms with van der Waals surface area (Å²) in [5, 5.41) is 3.56. The van der Waals surface area contributed by atoms with Gasteiger partial charge in [0.05, 0.1) is 4.90 Å². The van der Waals surface area contributed by atoms with Crippen molar-refractivity contribution in [1.82, 2.24) is 10.0 Å². The molecular weight excluding hydrogens is 308 g/mol. The molecule has 2 N–H and O–H groups in total. The van der Waals surface area contributed by atoms with Gasteiger partial charge < -0.3 is 5.32 Å². The SMILES string of the molecule is CNCc1cc(S(=O)(=O)NCC2CCCC2C)ccc1Cl. The minimum Gasteiger partial charge on any atom is -0.316 e. The quantitative estimate of drug-likeness (QED) is 0.843. The molecule has 0 aromatic heterocycles. The minimum absolute atomic E-state index is 0.280. The van der Waals surface area contributed by atoms with Crippen LogP contribution in [0.15, 0.2) is 23.1 Å². The normalized spacial score (nSPS) is 22.6. The van der Waals surface area contributed by atoms with Crippen molar-refractivity contribution in [3.63, 3.8) is 0 Å². The zero-order chi connectivity index (χ0) is 15.5. The van der Waals surface area contributed by atoms with Gasteiger partial charge in [0.15, 0.2) is 0 Å². The summed E-state index contributed by atoms with van der Waals surface area (Å²) in [6, 6.07) is 4.84. The zero-order valence-corrected chi connectivity index (χ0v) is 14.1. The summed E-state index contributed by atoms with van der Waals surface area (Å²) < 4.78 is 27.5. The second-order valence-corrected chi connectivity index (χ2v) is 7.98. The first-order valence-electron chi connectivity index (χ1n) is 7.36. The maximum Gasteiger partial charge on any atom is 0.240 e. The second kappa shape index (κ2) is 7.09. The highest BCUT2D eigenvalue weighted by atomic mass is 35.5. The lowest BCUT2D eigenvalue weighted by Gasteiger charge is -2.16. The largest absolute Gasteiger partial charge is 0.316 e. The van der Waals surface area contributed by atoms with Gasteiger partial charge in [0.25, 0.3) is 0 Å². The molecule has 0 aliphatic heterocycles. The third-order valence-corrected chi connectivity index (χ3v) is 6.06. The molecule has 1 aliphatic rings. The van der Waals surface area contributed by atoms with Crippen molar-refractivity contribution in [2.75, 3.05) is 13.6 Å². The average Bonchev–Trinajstić information content (AvgIpc) is 2.85. The molecule has 0 heterocycles. The van der Waals surface area contributed by atoms with E-state index in [0.717, 1.165) is 12.0 Å². The first kappa shape index (κ1) is 16.7. The van der Waals surface area contributed by atoms with E-state index in [-0.39, 0.29) is 4.90 Å². The molecule has 2 atom stereocenters. The minimum atomic E-state index is -3.47. The van der Waals surface area contributed by atoms with E-state index in [1.165, 1.54) is 12.8 Å². The summed E-state index contributed by atoms with van der Waals surface area (Å²) in [4.78, 5) is 0.280. The summed E-state index contributed by atoms with van der Waals surface area (Å²) in [6.45, 7) is 3.26. The lowest BCUT2D eigenvalue weighted by Crippen LogP contribution is -2.30. The maximum atomic E-state index is 12.4. The molecule has 21 heavy (non-hydrogen) atoms. The molecule has 1 fully saturated rings. The third-order valence-electron chi connectivity index (χ3n) is 4.27. The Balaban J connectivity index is 2.10. The van der Waals surface area contributed by atoms with E-state index in [9.17, 15) is 8.42 Å². The van der Waals surface area contributed by atoms with Crippen molar-refractivity contribution in [3.8, 4) is 0 Å². The van der Waals surface area contributed by atoms with Crippen LogP contribution in [-0.2, 0) is 16.6 Å². The molecule has 0 spiro atoms. The standard InChI is InChI=1S/C15H23ClN2O2S/c1-11-4-3-5-12(11)10-18-21(19,20)14-6-7-15(16)13(8-14)9-17-2/h6-8,11-12,17-18H,3-5,9-10H2,1-2H3. The molecule has 118 valence electrons. The topological polar surface area (TPSA) is 58.2 Å². The first-order chi connectivity index (χ1) is 9.94. The molecule has 2 rings (SSSR count). The summed E-state index contributed by atoms with van der Waals surface area (Å²) in [7, 11) is -1.66. The number of hydrogen-bond donors (Lipinski definition) is 2. The highest BCUT2D eigenvalue weighted by Crippen LogP contribution is 2.30. The van der Waals surface area contributed by atoms with Crippen LogP contribution in [0.2, 0.25) is 5.02 Å². The number of rotatable bonds is 6. The van der Waals surface area contributed by atoms with E-state index in [0.29, 0.717) is 29.9 Å². The summed E-state index contributed by atoms with van der Waals surface area (Å²) in [5.41, 5.74) is 0.788. The van der Waals surface area contributed by atoms with Crippen molar-refractivity contribution < 1.29 is 8.42 Å². The number of benzene rings is 1. The van der Waals surface area contributed by atoms with Crippen LogP contribution in [0, 0.1) is 11.8 Å². The fourth-order valence-electron chi connectivity index (χ4n) is 2.87. The molecule has 0 bridgehead atoms. The van der Waals surface area contributed by atoms with Gasteiger partial charge in [-0.1, -0.05) is 31.4 Å². The number of hydrogen-bond acceptors (Lipinski definition) is 3. The number of nitrogens with one attached hydrogen (secondary N) is 2. The first-order valence-corrected chi connectivity index (χ1v) is 9.23. The van der Waals surface area contributed by atoms with Gasteiger partial charge in [-0.2, -0.15) is 0 Å². The lowest BCUT2D eigenvalue weighted by molar-refractivity contribution is 0.414. The Morgan fingerprint density at radius 3 is 2.71 bits per heavy atom. The monoisotopic (exact) mass is 330 g/mol. The molecule has 6 heteroatoms. The summed E-state index contributed by atoms with van der Waals surface area (Å²) >= 11 is 6.07. The van der Waals surface area contributed by atoms with Gasteiger partial charge in [-0.25, -0.2) is 13.1 Å². The molecule has 1 aromatic carbocycles. The van der Waals surface area contributed by atoms with Crippen molar-refractivity contribution in [2.45, 2.75) is 37.6 Å². The Morgan fingerprint density at radius 1 is 1.33 bits per heavy atom. The Kier molecular flexibility index (Phi) is 5.66. The molecule has 4 nitrogen and oxygen atoms in total. The van der Waals surface area contributed by atoms with Crippen molar-refractivity contribution in [2.24, 2.45) is 11.8 Å². The van der Waals surface area contributed by atoms with Crippen molar-refractivity contribution >= 4 is 21.6 Å². The van der Waals surface area contributed by atoms with Crippen molar-refractivity contribution in [1.29, 1.82) is 0 Å². The van der Waals surface area contributed by atoms with E-state index in [1.807, 2.05) is 0 Å². The molecule has 1 saturated carbocycles. The van der Waals surface area contributed by atoms with Crippen LogP contribution in [0.1, 0.15) is 31.7 Å². The van der Waals surface area contributed by atoms with Gasteiger partial charge in [-0.05, 0) is 49.1 Å². The Bertz CT molecular complexity index is 589. The van der Waals surface area contributed by atoms with Crippen LogP contribution < -0.4 is 10.0 Å². The van der Waals surface area contributed by atoms with E-state index >= 15 is 0 Å². The number of halogens is 1. The third kappa shape index (κ3) is 4.19. The second-order valence-electron chi connectivity index (χ2n) is 5.80. The van der Waals surface area contributed by atoms with Gasteiger partial charge in [-0.15, -0.1) is 0 Å². The van der Waals surface area contributed by atoms with Crippen LogP contribution in [0.5, 0.6) is 0 Å². The summed E-state index contributed by atoms with van der Waals surface area (Å²) in [5.74, 6) is 1.04. The smallest absolute Gasteiger partial charge is 0.240 e. The van der Waals surface area contributed by atoms with Gasteiger partial charge in [0, 0.05) is 18.1 Å². The van der Waals surface area contributed by atoms with Crippen molar-refractivity contribution in [3.05, 3.63) is 28.8 Å². The Hall–Kier alpha value is -0.620.